The summed E-state index contributed by atoms with van der Waals surface area (Å²) in [5.74, 6) is 2.53. The van der Waals surface area contributed by atoms with Crippen LogP contribution in [0.15, 0.2) is 0 Å². The number of rotatable bonds is 0. The Morgan fingerprint density at radius 3 is 3.00 bits per heavy atom. The minimum atomic E-state index is 0.153. The van der Waals surface area contributed by atoms with E-state index in [0.29, 0.717) is 13.3 Å². The second-order valence-electron chi connectivity index (χ2n) is 1.44. The van der Waals surface area contributed by atoms with Gasteiger partial charge in [-0.05, 0) is 0 Å². The second-order valence-corrected chi connectivity index (χ2v) is 1.44. The van der Waals surface area contributed by atoms with Crippen LogP contribution < -0.4 is 5.32 Å². The lowest BCUT2D eigenvalue weighted by atomic mass is 10.4. The van der Waals surface area contributed by atoms with Crippen molar-refractivity contribution in [2.45, 2.75) is 6.04 Å². The molecule has 2 nitrogen and oxygen atoms in total. The molecule has 1 saturated heterocycles. The summed E-state index contributed by atoms with van der Waals surface area (Å²) in [5, 5.41) is 2.95. The third kappa shape index (κ3) is 0.923. The molecule has 2 heteroatoms. The molecular weight excluding hydrogens is 90.1 g/mol. The van der Waals surface area contributed by atoms with Gasteiger partial charge in [-0.25, -0.2) is 0 Å². The average Bonchev–Trinajstić information content (AvgIpc) is 2.14. The van der Waals surface area contributed by atoms with Crippen LogP contribution in [0, 0.1) is 12.3 Å². The van der Waals surface area contributed by atoms with Crippen molar-refractivity contribution in [2.75, 3.05) is 13.3 Å². The Bertz CT molecular complexity index is 88.7. The normalized spacial score (nSPS) is 29.9. The molecule has 1 aliphatic rings. The summed E-state index contributed by atoms with van der Waals surface area (Å²) in [5.41, 5.74) is 0. The fourth-order valence-corrected chi connectivity index (χ4v) is 0.502. The largest absolute Gasteiger partial charge is 0.364 e. The van der Waals surface area contributed by atoms with Gasteiger partial charge in [0.2, 0.25) is 0 Å². The Balaban J connectivity index is 2.31. The maximum absolute atomic E-state index is 5.04. The topological polar surface area (TPSA) is 21.3 Å². The molecule has 1 N–H and O–H groups in total. The first kappa shape index (κ1) is 4.63. The lowest BCUT2D eigenvalue weighted by molar-refractivity contribution is 0.192. The molecule has 1 unspecified atom stereocenters. The lowest BCUT2D eigenvalue weighted by Gasteiger charge is -1.91. The molecule has 1 rings (SSSR count). The average molecular weight is 97.1 g/mol. The van der Waals surface area contributed by atoms with Crippen molar-refractivity contribution in [1.29, 1.82) is 0 Å². The summed E-state index contributed by atoms with van der Waals surface area (Å²) in [6, 6.07) is 0.153. The molecule has 1 heterocycles. The number of hydrogen-bond acceptors (Lipinski definition) is 2. The Hall–Kier alpha value is -0.520. The molecule has 0 aromatic rings. The van der Waals surface area contributed by atoms with Crippen LogP contribution in [0.25, 0.3) is 0 Å². The van der Waals surface area contributed by atoms with E-state index in [1.807, 2.05) is 0 Å². The predicted octanol–water partition coefficient (Wildman–Crippen LogP) is -0.435. The summed E-state index contributed by atoms with van der Waals surface area (Å²) in [6.07, 6.45) is 5.04. The molecule has 0 bridgehead atoms. The van der Waals surface area contributed by atoms with Gasteiger partial charge in [-0.2, -0.15) is 0 Å². The lowest BCUT2D eigenvalue weighted by Crippen LogP contribution is -2.20. The summed E-state index contributed by atoms with van der Waals surface area (Å²) in [6.45, 7) is 1.27. The SMILES string of the molecule is C#CC1COCN1. The highest BCUT2D eigenvalue weighted by molar-refractivity contribution is 4.99. The van der Waals surface area contributed by atoms with Crippen molar-refractivity contribution in [1.82, 2.24) is 5.32 Å². The third-order valence-corrected chi connectivity index (χ3v) is 0.917. The van der Waals surface area contributed by atoms with E-state index >= 15 is 0 Å². The van der Waals surface area contributed by atoms with Crippen molar-refractivity contribution >= 4 is 0 Å². The van der Waals surface area contributed by atoms with Crippen LogP contribution in [0.4, 0.5) is 0 Å². The van der Waals surface area contributed by atoms with Gasteiger partial charge in [0, 0.05) is 0 Å². The zero-order chi connectivity index (χ0) is 5.11. The maximum Gasteiger partial charge on any atom is 0.0976 e. The second kappa shape index (κ2) is 1.97. The van der Waals surface area contributed by atoms with Crippen molar-refractivity contribution < 1.29 is 4.74 Å². The number of ether oxygens (including phenoxy) is 1. The van der Waals surface area contributed by atoms with Crippen molar-refractivity contribution in [3.05, 3.63) is 0 Å². The number of hydrogen-bond donors (Lipinski definition) is 1. The van der Waals surface area contributed by atoms with E-state index in [9.17, 15) is 0 Å². The van der Waals surface area contributed by atoms with Gasteiger partial charge in [-0.15, -0.1) is 6.42 Å². The highest BCUT2D eigenvalue weighted by Gasteiger charge is 2.08. The Labute approximate surface area is 42.9 Å². The molecule has 7 heavy (non-hydrogen) atoms. The zero-order valence-corrected chi connectivity index (χ0v) is 3.98. The highest BCUT2D eigenvalue weighted by Crippen LogP contribution is 1.89. The molecule has 0 aromatic heterocycles. The van der Waals surface area contributed by atoms with E-state index in [-0.39, 0.29) is 6.04 Å². The molecule has 0 radical (unpaired) electrons. The summed E-state index contributed by atoms with van der Waals surface area (Å²) < 4.78 is 4.89. The number of terminal acetylenes is 1. The Kier molecular flexibility index (Phi) is 1.30. The van der Waals surface area contributed by atoms with Gasteiger partial charge in [0.15, 0.2) is 0 Å². The summed E-state index contributed by atoms with van der Waals surface area (Å²) in [4.78, 5) is 0. The van der Waals surface area contributed by atoms with Crippen LogP contribution in [0.2, 0.25) is 0 Å². The van der Waals surface area contributed by atoms with Crippen LogP contribution in [0.1, 0.15) is 0 Å². The monoisotopic (exact) mass is 97.1 g/mol. The van der Waals surface area contributed by atoms with Gasteiger partial charge in [0.25, 0.3) is 0 Å². The van der Waals surface area contributed by atoms with E-state index in [2.05, 4.69) is 11.2 Å². The molecule has 0 amide bonds. The predicted molar refractivity (Wildman–Crippen MR) is 26.6 cm³/mol. The highest BCUT2D eigenvalue weighted by atomic mass is 16.5. The zero-order valence-electron chi connectivity index (χ0n) is 3.98. The van der Waals surface area contributed by atoms with Gasteiger partial charge in [0.1, 0.15) is 0 Å². The van der Waals surface area contributed by atoms with Crippen molar-refractivity contribution in [3.8, 4) is 12.3 Å². The van der Waals surface area contributed by atoms with Crippen molar-refractivity contribution in [3.63, 3.8) is 0 Å². The molecule has 0 saturated carbocycles. The van der Waals surface area contributed by atoms with Crippen LogP contribution >= 0.6 is 0 Å². The van der Waals surface area contributed by atoms with Gasteiger partial charge < -0.3 is 4.74 Å². The standard InChI is InChI=1S/C5H7NO/c1-2-5-3-7-4-6-5/h1,5-6H,3-4H2. The third-order valence-electron chi connectivity index (χ3n) is 0.917. The molecule has 0 aromatic carbocycles. The van der Waals surface area contributed by atoms with Crippen LogP contribution in [0.3, 0.4) is 0 Å². The van der Waals surface area contributed by atoms with E-state index in [1.165, 1.54) is 0 Å². The van der Waals surface area contributed by atoms with Crippen LogP contribution in [0.5, 0.6) is 0 Å². The van der Waals surface area contributed by atoms with E-state index < -0.39 is 0 Å². The Morgan fingerprint density at radius 1 is 1.86 bits per heavy atom. The van der Waals surface area contributed by atoms with E-state index in [4.69, 9.17) is 11.2 Å². The van der Waals surface area contributed by atoms with Crippen molar-refractivity contribution in [2.24, 2.45) is 0 Å². The maximum atomic E-state index is 5.04. The first-order chi connectivity index (χ1) is 3.43. The molecular formula is C5H7NO. The summed E-state index contributed by atoms with van der Waals surface area (Å²) in [7, 11) is 0. The van der Waals surface area contributed by atoms with E-state index in [0.717, 1.165) is 0 Å². The van der Waals surface area contributed by atoms with Gasteiger partial charge in [-0.3, -0.25) is 5.32 Å². The molecule has 1 atom stereocenters. The quantitative estimate of drug-likeness (QED) is 0.414. The first-order valence-corrected chi connectivity index (χ1v) is 2.21. The smallest absolute Gasteiger partial charge is 0.0976 e. The minimum absolute atomic E-state index is 0.153. The molecule has 1 fully saturated rings. The summed E-state index contributed by atoms with van der Waals surface area (Å²) >= 11 is 0. The fraction of sp³-hybridized carbons (Fsp3) is 0.600. The first-order valence-electron chi connectivity index (χ1n) is 2.21. The molecule has 1 aliphatic heterocycles. The number of nitrogens with one attached hydrogen (secondary N) is 1. The van der Waals surface area contributed by atoms with Gasteiger partial charge >= 0.3 is 0 Å². The molecule has 38 valence electrons. The molecule has 0 aliphatic carbocycles. The van der Waals surface area contributed by atoms with Gasteiger partial charge in [-0.1, -0.05) is 5.92 Å². The van der Waals surface area contributed by atoms with E-state index in [1.54, 1.807) is 0 Å². The minimum Gasteiger partial charge on any atom is -0.364 e. The molecule has 0 spiro atoms. The Morgan fingerprint density at radius 2 is 2.71 bits per heavy atom. The fourth-order valence-electron chi connectivity index (χ4n) is 0.502. The van der Waals surface area contributed by atoms with Crippen LogP contribution in [-0.4, -0.2) is 19.4 Å². The van der Waals surface area contributed by atoms with Crippen LogP contribution in [-0.2, 0) is 4.74 Å². The van der Waals surface area contributed by atoms with Gasteiger partial charge in [0.05, 0.1) is 19.4 Å².